The van der Waals surface area contributed by atoms with Crippen molar-refractivity contribution in [1.29, 1.82) is 0 Å². The summed E-state index contributed by atoms with van der Waals surface area (Å²) in [6.07, 6.45) is 2.23. The molecule has 1 amide bonds. The number of hydrogen-bond acceptors (Lipinski definition) is 2. The molecule has 0 radical (unpaired) electrons. The van der Waals surface area contributed by atoms with Gasteiger partial charge in [-0.15, -0.1) is 0 Å². The number of nitrogens with one attached hydrogen (secondary N) is 1. The lowest BCUT2D eigenvalue weighted by atomic mass is 9.75. The highest BCUT2D eigenvalue weighted by Crippen LogP contribution is 2.41. The summed E-state index contributed by atoms with van der Waals surface area (Å²) in [5, 5.41) is 13.2. The Balaban J connectivity index is 2.25. The first-order valence-corrected chi connectivity index (χ1v) is 7.47. The highest BCUT2D eigenvalue weighted by Gasteiger charge is 2.34. The number of carbonyl (C=O) groups excluding carboxylic acids is 1. The predicted octanol–water partition coefficient (Wildman–Crippen LogP) is 2.33. The van der Waals surface area contributed by atoms with Gasteiger partial charge in [-0.3, -0.25) is 4.79 Å². The molecule has 1 aliphatic rings. The Morgan fingerprint density at radius 2 is 2.25 bits per heavy atom. The fourth-order valence-electron chi connectivity index (χ4n) is 3.08. The largest absolute Gasteiger partial charge is 0.388 e. The van der Waals surface area contributed by atoms with E-state index < -0.39 is 6.10 Å². The summed E-state index contributed by atoms with van der Waals surface area (Å²) in [5.41, 5.74) is 3.26. The van der Waals surface area contributed by atoms with E-state index in [9.17, 15) is 9.90 Å². The van der Waals surface area contributed by atoms with Crippen LogP contribution in [0.25, 0.3) is 0 Å². The van der Waals surface area contributed by atoms with Crippen LogP contribution in [0.2, 0.25) is 0 Å². The number of aryl methyl sites for hydroxylation is 1. The van der Waals surface area contributed by atoms with E-state index in [2.05, 4.69) is 23.7 Å². The molecule has 0 aliphatic heterocycles. The summed E-state index contributed by atoms with van der Waals surface area (Å²) in [6, 6.07) is 2.03. The lowest BCUT2D eigenvalue weighted by Gasteiger charge is -2.34. The molecule has 0 fully saturated rings. The number of amides is 1. The third-order valence-corrected chi connectivity index (χ3v) is 4.07. The van der Waals surface area contributed by atoms with Crippen molar-refractivity contribution in [2.45, 2.75) is 59.6 Å². The van der Waals surface area contributed by atoms with Gasteiger partial charge in [0.05, 0.1) is 6.10 Å². The van der Waals surface area contributed by atoms with E-state index in [4.69, 9.17) is 0 Å². The number of rotatable bonds is 4. The monoisotopic (exact) mass is 278 g/mol. The number of aromatic nitrogens is 1. The SMILES string of the molecule is CCCNC(=O)Cn1c(C)cc2c1CC(C)(C)CC2O. The fraction of sp³-hybridized carbons (Fsp3) is 0.688. The summed E-state index contributed by atoms with van der Waals surface area (Å²) in [7, 11) is 0. The molecule has 20 heavy (non-hydrogen) atoms. The van der Waals surface area contributed by atoms with Crippen molar-refractivity contribution in [2.75, 3.05) is 6.54 Å². The van der Waals surface area contributed by atoms with Gasteiger partial charge in [0.1, 0.15) is 6.54 Å². The molecule has 1 unspecified atom stereocenters. The molecular formula is C16H26N2O2. The van der Waals surface area contributed by atoms with Crippen molar-refractivity contribution in [3.8, 4) is 0 Å². The van der Waals surface area contributed by atoms with Crippen LogP contribution in [0.5, 0.6) is 0 Å². The molecule has 4 heteroatoms. The van der Waals surface area contributed by atoms with E-state index in [1.54, 1.807) is 0 Å². The molecule has 0 spiro atoms. The number of hydrogen-bond donors (Lipinski definition) is 2. The molecule has 2 N–H and O–H groups in total. The zero-order valence-corrected chi connectivity index (χ0v) is 13.0. The molecule has 0 bridgehead atoms. The molecule has 0 aromatic carbocycles. The first-order chi connectivity index (χ1) is 9.34. The zero-order chi connectivity index (χ0) is 14.9. The van der Waals surface area contributed by atoms with Gasteiger partial charge >= 0.3 is 0 Å². The van der Waals surface area contributed by atoms with Crippen LogP contribution < -0.4 is 5.32 Å². The average molecular weight is 278 g/mol. The lowest BCUT2D eigenvalue weighted by Crippen LogP contribution is -2.31. The first-order valence-electron chi connectivity index (χ1n) is 7.47. The Morgan fingerprint density at radius 3 is 2.90 bits per heavy atom. The maximum absolute atomic E-state index is 12.0. The number of carbonyl (C=O) groups is 1. The smallest absolute Gasteiger partial charge is 0.239 e. The maximum Gasteiger partial charge on any atom is 0.239 e. The molecule has 112 valence electrons. The number of nitrogens with zero attached hydrogens (tertiary/aromatic N) is 1. The Hall–Kier alpha value is -1.29. The summed E-state index contributed by atoms with van der Waals surface area (Å²) >= 11 is 0. The molecule has 1 aliphatic carbocycles. The molecular weight excluding hydrogens is 252 g/mol. The van der Waals surface area contributed by atoms with Crippen LogP contribution >= 0.6 is 0 Å². The van der Waals surface area contributed by atoms with Crippen molar-refractivity contribution in [3.05, 3.63) is 23.0 Å². The minimum atomic E-state index is -0.410. The Kier molecular flexibility index (Phi) is 4.23. The zero-order valence-electron chi connectivity index (χ0n) is 13.0. The predicted molar refractivity (Wildman–Crippen MR) is 79.5 cm³/mol. The average Bonchev–Trinajstić information content (AvgIpc) is 2.63. The fourth-order valence-corrected chi connectivity index (χ4v) is 3.08. The van der Waals surface area contributed by atoms with E-state index in [0.29, 0.717) is 6.54 Å². The van der Waals surface area contributed by atoms with E-state index in [1.165, 1.54) is 0 Å². The standard InChI is InChI=1S/C16H26N2O2/c1-5-6-17-15(20)10-18-11(2)7-12-13(18)8-16(3,4)9-14(12)19/h7,14,19H,5-6,8-10H2,1-4H3,(H,17,20). The number of fused-ring (bicyclic) bond motifs is 1. The normalized spacial score (nSPS) is 20.6. The van der Waals surface area contributed by atoms with E-state index >= 15 is 0 Å². The molecule has 2 rings (SSSR count). The van der Waals surface area contributed by atoms with E-state index in [1.807, 2.05) is 19.9 Å². The van der Waals surface area contributed by atoms with Gasteiger partial charge in [0, 0.05) is 23.5 Å². The quantitative estimate of drug-likeness (QED) is 0.888. The van der Waals surface area contributed by atoms with Gasteiger partial charge in [0.15, 0.2) is 0 Å². The van der Waals surface area contributed by atoms with Gasteiger partial charge in [-0.05, 0) is 37.7 Å². The van der Waals surface area contributed by atoms with Crippen molar-refractivity contribution in [1.82, 2.24) is 9.88 Å². The number of aliphatic hydroxyl groups excluding tert-OH is 1. The second-order valence-electron chi connectivity index (χ2n) is 6.68. The van der Waals surface area contributed by atoms with Gasteiger partial charge < -0.3 is 15.0 Å². The van der Waals surface area contributed by atoms with Crippen molar-refractivity contribution in [3.63, 3.8) is 0 Å². The van der Waals surface area contributed by atoms with E-state index in [-0.39, 0.29) is 11.3 Å². The Morgan fingerprint density at radius 1 is 1.55 bits per heavy atom. The van der Waals surface area contributed by atoms with Crippen LogP contribution in [-0.4, -0.2) is 22.1 Å². The molecule has 1 heterocycles. The van der Waals surface area contributed by atoms with Gasteiger partial charge in [-0.1, -0.05) is 20.8 Å². The van der Waals surface area contributed by atoms with Crippen LogP contribution in [0.15, 0.2) is 6.07 Å². The first kappa shape index (κ1) is 15.1. The summed E-state index contributed by atoms with van der Waals surface area (Å²) in [5.74, 6) is 0.0474. The summed E-state index contributed by atoms with van der Waals surface area (Å²) in [4.78, 5) is 12.0. The van der Waals surface area contributed by atoms with Crippen LogP contribution in [-0.2, 0) is 17.8 Å². The third kappa shape index (κ3) is 3.06. The second kappa shape index (κ2) is 5.60. The lowest BCUT2D eigenvalue weighted by molar-refractivity contribution is -0.121. The molecule has 0 saturated heterocycles. The van der Waals surface area contributed by atoms with Crippen molar-refractivity contribution < 1.29 is 9.90 Å². The Bertz CT molecular complexity index is 503. The van der Waals surface area contributed by atoms with Crippen LogP contribution in [0.1, 0.15) is 56.7 Å². The van der Waals surface area contributed by atoms with Crippen molar-refractivity contribution >= 4 is 5.91 Å². The van der Waals surface area contributed by atoms with Gasteiger partial charge in [-0.2, -0.15) is 0 Å². The molecule has 1 aromatic rings. The highest BCUT2D eigenvalue weighted by molar-refractivity contribution is 5.76. The van der Waals surface area contributed by atoms with Gasteiger partial charge in [0.25, 0.3) is 0 Å². The van der Waals surface area contributed by atoms with Gasteiger partial charge in [-0.25, -0.2) is 0 Å². The maximum atomic E-state index is 12.0. The van der Waals surface area contributed by atoms with Crippen LogP contribution in [0, 0.1) is 12.3 Å². The third-order valence-electron chi connectivity index (χ3n) is 4.07. The van der Waals surface area contributed by atoms with Crippen molar-refractivity contribution in [2.24, 2.45) is 5.41 Å². The topological polar surface area (TPSA) is 54.3 Å². The van der Waals surface area contributed by atoms with Crippen LogP contribution in [0.4, 0.5) is 0 Å². The molecule has 1 aromatic heterocycles. The van der Waals surface area contributed by atoms with Crippen LogP contribution in [0.3, 0.4) is 0 Å². The minimum Gasteiger partial charge on any atom is -0.388 e. The number of aliphatic hydroxyl groups is 1. The highest BCUT2D eigenvalue weighted by atomic mass is 16.3. The van der Waals surface area contributed by atoms with E-state index in [0.717, 1.165) is 42.8 Å². The second-order valence-corrected chi connectivity index (χ2v) is 6.68. The summed E-state index contributed by atoms with van der Waals surface area (Å²) in [6.45, 7) is 9.46. The Labute approximate surface area is 121 Å². The van der Waals surface area contributed by atoms with Gasteiger partial charge in [0.2, 0.25) is 5.91 Å². The molecule has 1 atom stereocenters. The summed E-state index contributed by atoms with van der Waals surface area (Å²) < 4.78 is 2.06. The molecule has 4 nitrogen and oxygen atoms in total. The minimum absolute atomic E-state index is 0.0474. The molecule has 0 saturated carbocycles.